The number of hydrogen-bond acceptors (Lipinski definition) is 5. The molecule has 25 heavy (non-hydrogen) atoms. The van der Waals surface area contributed by atoms with Crippen LogP contribution < -0.4 is 4.90 Å². The fraction of sp³-hybridized carbons (Fsp3) is 0.526. The van der Waals surface area contributed by atoms with Crippen LogP contribution in [-0.4, -0.2) is 33.7 Å². The highest BCUT2D eigenvalue weighted by atomic mass is 32.1. The third kappa shape index (κ3) is 3.03. The second-order valence-electron chi connectivity index (χ2n) is 6.84. The van der Waals surface area contributed by atoms with Crippen LogP contribution in [-0.2, 0) is 0 Å². The van der Waals surface area contributed by atoms with E-state index in [9.17, 15) is 0 Å². The molecule has 0 saturated heterocycles. The molecule has 134 valence electrons. The van der Waals surface area contributed by atoms with E-state index in [0.29, 0.717) is 5.92 Å². The molecule has 3 aromatic heterocycles. The van der Waals surface area contributed by atoms with E-state index in [1.807, 2.05) is 23.5 Å². The summed E-state index contributed by atoms with van der Waals surface area (Å²) in [5.74, 6) is 0.513. The lowest BCUT2D eigenvalue weighted by molar-refractivity contribution is 0.638. The number of imidazole rings is 1. The van der Waals surface area contributed by atoms with E-state index in [-0.39, 0.29) is 0 Å². The van der Waals surface area contributed by atoms with Gasteiger partial charge < -0.3 is 4.90 Å². The van der Waals surface area contributed by atoms with E-state index < -0.39 is 0 Å². The Balaban J connectivity index is 2.29. The van der Waals surface area contributed by atoms with Crippen molar-refractivity contribution in [1.82, 2.24) is 19.6 Å². The minimum absolute atomic E-state index is 0.513. The molecule has 0 spiro atoms. The van der Waals surface area contributed by atoms with Gasteiger partial charge in [0.2, 0.25) is 0 Å². The second kappa shape index (κ2) is 6.75. The lowest BCUT2D eigenvalue weighted by Gasteiger charge is -2.14. The van der Waals surface area contributed by atoms with Crippen LogP contribution in [0.1, 0.15) is 55.3 Å². The van der Waals surface area contributed by atoms with Gasteiger partial charge in [-0.25, -0.2) is 14.5 Å². The van der Waals surface area contributed by atoms with Gasteiger partial charge in [-0.3, -0.25) is 0 Å². The van der Waals surface area contributed by atoms with E-state index in [0.717, 1.165) is 51.3 Å². The van der Waals surface area contributed by atoms with Crippen molar-refractivity contribution in [3.05, 3.63) is 28.7 Å². The van der Waals surface area contributed by atoms with E-state index in [2.05, 4.69) is 40.7 Å². The van der Waals surface area contributed by atoms with Gasteiger partial charge in [0, 0.05) is 19.7 Å². The Bertz CT molecular complexity index is 902. The number of fused-ring (bicyclic) bond motifs is 1. The predicted octanol–water partition coefficient (Wildman–Crippen LogP) is 4.75. The Labute approximate surface area is 153 Å². The zero-order chi connectivity index (χ0) is 18.3. The fourth-order valence-electron chi connectivity index (χ4n) is 3.36. The molecule has 0 aliphatic heterocycles. The zero-order valence-corrected chi connectivity index (χ0v) is 17.0. The highest BCUT2D eigenvalue weighted by Gasteiger charge is 2.22. The number of thiazole rings is 1. The van der Waals surface area contributed by atoms with Gasteiger partial charge in [0.15, 0.2) is 10.8 Å². The van der Waals surface area contributed by atoms with Gasteiger partial charge in [-0.15, -0.1) is 0 Å². The Morgan fingerprint density at radius 3 is 2.32 bits per heavy atom. The van der Waals surface area contributed by atoms with Crippen molar-refractivity contribution in [2.75, 3.05) is 19.0 Å². The minimum Gasteiger partial charge on any atom is -0.354 e. The van der Waals surface area contributed by atoms with Crippen LogP contribution in [0.3, 0.4) is 0 Å². The molecule has 0 atom stereocenters. The van der Waals surface area contributed by atoms with E-state index in [1.165, 1.54) is 5.56 Å². The number of hydrogen-bond donors (Lipinski definition) is 0. The van der Waals surface area contributed by atoms with Crippen LogP contribution in [0.25, 0.3) is 16.2 Å². The van der Waals surface area contributed by atoms with Gasteiger partial charge in [-0.1, -0.05) is 25.2 Å². The van der Waals surface area contributed by atoms with Crippen LogP contribution in [0, 0.1) is 20.8 Å². The molecule has 0 aliphatic rings. The average molecular weight is 358 g/mol. The molecule has 0 unspecified atom stereocenters. The lowest BCUT2D eigenvalue weighted by atomic mass is 9.95. The third-order valence-corrected chi connectivity index (χ3v) is 6.05. The van der Waals surface area contributed by atoms with Gasteiger partial charge >= 0.3 is 0 Å². The molecule has 0 bridgehead atoms. The van der Waals surface area contributed by atoms with Gasteiger partial charge in [0.1, 0.15) is 5.69 Å². The van der Waals surface area contributed by atoms with Crippen molar-refractivity contribution < 1.29 is 0 Å². The molecule has 0 saturated carbocycles. The molecular weight excluding hydrogens is 330 g/mol. The first-order chi connectivity index (χ1) is 11.9. The number of nitrogens with zero attached hydrogens (tertiary/aromatic N) is 5. The molecule has 0 aromatic carbocycles. The summed E-state index contributed by atoms with van der Waals surface area (Å²) in [5, 5.41) is 5.81. The summed E-state index contributed by atoms with van der Waals surface area (Å²) in [6.07, 6.45) is 2.22. The van der Waals surface area contributed by atoms with Crippen LogP contribution in [0.5, 0.6) is 0 Å². The molecule has 0 aliphatic carbocycles. The maximum Gasteiger partial charge on any atom is 0.185 e. The second-order valence-corrected chi connectivity index (χ2v) is 7.82. The number of anilines is 1. The number of aryl methyl sites for hydroxylation is 3. The summed E-state index contributed by atoms with van der Waals surface area (Å²) < 4.78 is 2.04. The summed E-state index contributed by atoms with van der Waals surface area (Å²) in [7, 11) is 4.05. The Morgan fingerprint density at radius 2 is 1.76 bits per heavy atom. The molecule has 0 N–H and O–H groups in total. The maximum atomic E-state index is 4.91. The monoisotopic (exact) mass is 357 g/mol. The summed E-state index contributed by atoms with van der Waals surface area (Å²) in [5.41, 5.74) is 6.46. The molecule has 6 heteroatoms. The standard InChI is InChI=1S/C19H27N5S/c1-8-14(9-2)15-10-11(3)22-24-16(12(4)20-18(15)24)17-13(5)21-19(25-17)23(6)7/h10,14H,8-9H2,1-7H3. The van der Waals surface area contributed by atoms with Crippen molar-refractivity contribution in [2.45, 2.75) is 53.4 Å². The van der Waals surface area contributed by atoms with E-state index in [4.69, 9.17) is 15.1 Å². The van der Waals surface area contributed by atoms with E-state index in [1.54, 1.807) is 11.3 Å². The van der Waals surface area contributed by atoms with Gasteiger partial charge in [0.05, 0.1) is 22.0 Å². The molecule has 0 radical (unpaired) electrons. The lowest BCUT2D eigenvalue weighted by Crippen LogP contribution is -2.07. The van der Waals surface area contributed by atoms with Crippen LogP contribution in [0.4, 0.5) is 5.13 Å². The summed E-state index contributed by atoms with van der Waals surface area (Å²) in [6, 6.07) is 2.20. The first kappa shape index (κ1) is 17.9. The normalized spacial score (nSPS) is 11.7. The van der Waals surface area contributed by atoms with Crippen molar-refractivity contribution in [2.24, 2.45) is 0 Å². The third-order valence-electron chi connectivity index (χ3n) is 4.72. The summed E-state index contributed by atoms with van der Waals surface area (Å²) >= 11 is 1.70. The summed E-state index contributed by atoms with van der Waals surface area (Å²) in [6.45, 7) is 10.7. The molecule has 3 rings (SSSR count). The zero-order valence-electron chi connectivity index (χ0n) is 16.2. The maximum absolute atomic E-state index is 4.91. The molecule has 0 amide bonds. The highest BCUT2D eigenvalue weighted by Crippen LogP contribution is 2.37. The molecule has 3 aromatic rings. The van der Waals surface area contributed by atoms with E-state index >= 15 is 0 Å². The Morgan fingerprint density at radius 1 is 1.08 bits per heavy atom. The first-order valence-electron chi connectivity index (χ1n) is 8.89. The van der Waals surface area contributed by atoms with Gasteiger partial charge in [-0.05, 0) is 45.6 Å². The molecule has 3 heterocycles. The Kier molecular flexibility index (Phi) is 4.82. The van der Waals surface area contributed by atoms with Crippen LogP contribution in [0.15, 0.2) is 6.07 Å². The topological polar surface area (TPSA) is 46.3 Å². The molecule has 5 nitrogen and oxygen atoms in total. The fourth-order valence-corrected chi connectivity index (χ4v) is 4.43. The van der Waals surface area contributed by atoms with Crippen molar-refractivity contribution in [3.8, 4) is 10.6 Å². The average Bonchev–Trinajstić information content (AvgIpc) is 3.08. The number of aromatic nitrogens is 4. The van der Waals surface area contributed by atoms with Crippen LogP contribution in [0.2, 0.25) is 0 Å². The highest BCUT2D eigenvalue weighted by molar-refractivity contribution is 7.19. The van der Waals surface area contributed by atoms with Crippen molar-refractivity contribution in [1.29, 1.82) is 0 Å². The van der Waals surface area contributed by atoms with Gasteiger partial charge in [-0.2, -0.15) is 5.10 Å². The van der Waals surface area contributed by atoms with Crippen molar-refractivity contribution in [3.63, 3.8) is 0 Å². The predicted molar refractivity (Wildman–Crippen MR) is 106 cm³/mol. The Hall–Kier alpha value is -1.95. The minimum atomic E-state index is 0.513. The largest absolute Gasteiger partial charge is 0.354 e. The summed E-state index contributed by atoms with van der Waals surface area (Å²) in [4.78, 5) is 12.8. The van der Waals surface area contributed by atoms with Crippen LogP contribution >= 0.6 is 11.3 Å². The molecule has 0 fully saturated rings. The molecular formula is C19H27N5S. The quantitative estimate of drug-likeness (QED) is 0.661. The van der Waals surface area contributed by atoms with Gasteiger partial charge in [0.25, 0.3) is 0 Å². The first-order valence-corrected chi connectivity index (χ1v) is 9.70. The SMILES string of the molecule is CCC(CC)c1cc(C)nn2c(-c3sc(N(C)C)nc3C)c(C)nc12. The smallest absolute Gasteiger partial charge is 0.185 e. The number of rotatable bonds is 5. The van der Waals surface area contributed by atoms with Crippen molar-refractivity contribution >= 4 is 22.1 Å².